The van der Waals surface area contributed by atoms with Crippen LogP contribution in [0.25, 0.3) is 11.3 Å². The van der Waals surface area contributed by atoms with Gasteiger partial charge in [-0.2, -0.15) is 4.37 Å². The Balaban J connectivity index is 2.54. The van der Waals surface area contributed by atoms with Crippen LogP contribution in [-0.2, 0) is 0 Å². The van der Waals surface area contributed by atoms with Crippen LogP contribution in [0.1, 0.15) is 5.01 Å². The molecular formula is C8H10N4S2. The Bertz CT molecular complexity index is 446. The number of rotatable bonds is 2. The van der Waals surface area contributed by atoms with E-state index in [-0.39, 0.29) is 0 Å². The molecule has 0 saturated carbocycles. The highest BCUT2D eigenvalue weighted by atomic mass is 32.1. The molecule has 0 aliphatic heterocycles. The summed E-state index contributed by atoms with van der Waals surface area (Å²) in [4.78, 5) is 4.39. The summed E-state index contributed by atoms with van der Waals surface area (Å²) in [6, 6.07) is 0. The average molecular weight is 226 g/mol. The van der Waals surface area contributed by atoms with Gasteiger partial charge < -0.3 is 11.1 Å². The molecule has 0 amide bonds. The van der Waals surface area contributed by atoms with Crippen LogP contribution in [0.2, 0.25) is 0 Å². The molecule has 2 aromatic heterocycles. The zero-order chi connectivity index (χ0) is 10.1. The van der Waals surface area contributed by atoms with Crippen molar-refractivity contribution in [2.75, 3.05) is 18.1 Å². The fourth-order valence-electron chi connectivity index (χ4n) is 1.20. The molecule has 4 nitrogen and oxygen atoms in total. The summed E-state index contributed by atoms with van der Waals surface area (Å²) in [6.45, 7) is 1.98. The Morgan fingerprint density at radius 1 is 1.50 bits per heavy atom. The molecule has 0 aromatic carbocycles. The van der Waals surface area contributed by atoms with Gasteiger partial charge in [0.2, 0.25) is 0 Å². The van der Waals surface area contributed by atoms with Crippen LogP contribution in [0.4, 0.5) is 10.8 Å². The third kappa shape index (κ3) is 1.46. The number of thiazole rings is 1. The number of nitrogens with one attached hydrogen (secondary N) is 1. The van der Waals surface area contributed by atoms with Gasteiger partial charge in [-0.1, -0.05) is 0 Å². The molecule has 0 fully saturated rings. The minimum Gasteiger partial charge on any atom is -0.382 e. The maximum Gasteiger partial charge on any atom is 0.148 e. The summed E-state index contributed by atoms with van der Waals surface area (Å²) in [7, 11) is 1.86. The van der Waals surface area contributed by atoms with Gasteiger partial charge in [0.05, 0.1) is 16.3 Å². The Kier molecular flexibility index (Phi) is 2.39. The van der Waals surface area contributed by atoms with Crippen LogP contribution in [0.3, 0.4) is 0 Å². The number of nitrogens with zero attached hydrogens (tertiary/aromatic N) is 2. The molecule has 0 aliphatic rings. The Morgan fingerprint density at radius 3 is 2.86 bits per heavy atom. The fourth-order valence-corrected chi connectivity index (χ4v) is 2.48. The molecule has 6 heteroatoms. The van der Waals surface area contributed by atoms with Crippen molar-refractivity contribution in [2.45, 2.75) is 6.92 Å². The van der Waals surface area contributed by atoms with E-state index in [1.165, 1.54) is 11.5 Å². The molecule has 3 N–H and O–H groups in total. The molecular weight excluding hydrogens is 216 g/mol. The van der Waals surface area contributed by atoms with E-state index in [1.807, 2.05) is 19.4 Å². The lowest BCUT2D eigenvalue weighted by atomic mass is 10.2. The monoisotopic (exact) mass is 226 g/mol. The van der Waals surface area contributed by atoms with E-state index in [0.29, 0.717) is 5.82 Å². The number of aryl methyl sites for hydroxylation is 1. The first-order valence-electron chi connectivity index (χ1n) is 4.07. The second-order valence-corrected chi connectivity index (χ2v) is 4.61. The van der Waals surface area contributed by atoms with E-state index >= 15 is 0 Å². The summed E-state index contributed by atoms with van der Waals surface area (Å²) in [5.41, 5.74) is 7.61. The van der Waals surface area contributed by atoms with Crippen LogP contribution >= 0.6 is 22.9 Å². The molecule has 2 heterocycles. The number of hydrogen-bond donors (Lipinski definition) is 2. The van der Waals surface area contributed by atoms with Crippen molar-refractivity contribution in [1.29, 1.82) is 0 Å². The lowest BCUT2D eigenvalue weighted by Crippen LogP contribution is -1.91. The van der Waals surface area contributed by atoms with Crippen molar-refractivity contribution < 1.29 is 0 Å². The van der Waals surface area contributed by atoms with Crippen LogP contribution in [0.5, 0.6) is 0 Å². The summed E-state index contributed by atoms with van der Waals surface area (Å²) >= 11 is 2.97. The topological polar surface area (TPSA) is 63.8 Å². The molecule has 0 bridgehead atoms. The van der Waals surface area contributed by atoms with E-state index < -0.39 is 0 Å². The largest absolute Gasteiger partial charge is 0.382 e. The number of anilines is 2. The van der Waals surface area contributed by atoms with Crippen LogP contribution in [0.15, 0.2) is 5.38 Å². The zero-order valence-corrected chi connectivity index (χ0v) is 9.50. The van der Waals surface area contributed by atoms with Gasteiger partial charge in [0.1, 0.15) is 10.8 Å². The molecule has 14 heavy (non-hydrogen) atoms. The molecule has 0 spiro atoms. The number of hydrogen-bond acceptors (Lipinski definition) is 6. The van der Waals surface area contributed by atoms with Crippen molar-refractivity contribution in [1.82, 2.24) is 9.36 Å². The van der Waals surface area contributed by atoms with Gasteiger partial charge in [0, 0.05) is 12.4 Å². The first kappa shape index (κ1) is 9.42. The zero-order valence-electron chi connectivity index (χ0n) is 7.87. The Labute approximate surface area is 90.0 Å². The van der Waals surface area contributed by atoms with Crippen molar-refractivity contribution in [3.63, 3.8) is 0 Å². The van der Waals surface area contributed by atoms with Crippen LogP contribution in [-0.4, -0.2) is 16.4 Å². The predicted molar refractivity (Wildman–Crippen MR) is 61.9 cm³/mol. The molecule has 0 unspecified atom stereocenters. The van der Waals surface area contributed by atoms with Crippen molar-refractivity contribution in [3.8, 4) is 11.3 Å². The van der Waals surface area contributed by atoms with Gasteiger partial charge in [0.15, 0.2) is 0 Å². The summed E-state index contributed by atoms with van der Waals surface area (Å²) < 4.78 is 4.09. The van der Waals surface area contributed by atoms with Gasteiger partial charge >= 0.3 is 0 Å². The van der Waals surface area contributed by atoms with E-state index in [4.69, 9.17) is 5.73 Å². The van der Waals surface area contributed by atoms with Crippen LogP contribution < -0.4 is 11.1 Å². The summed E-state index contributed by atoms with van der Waals surface area (Å²) in [6.07, 6.45) is 0. The van der Waals surface area contributed by atoms with E-state index in [2.05, 4.69) is 14.7 Å². The smallest absolute Gasteiger partial charge is 0.148 e. The number of aromatic nitrogens is 2. The maximum absolute atomic E-state index is 5.78. The number of nitrogens with two attached hydrogens (primary N) is 1. The minimum absolute atomic E-state index is 0.546. The molecule has 2 rings (SSSR count). The molecule has 74 valence electrons. The van der Waals surface area contributed by atoms with Crippen molar-refractivity contribution >= 4 is 33.7 Å². The van der Waals surface area contributed by atoms with Gasteiger partial charge in [0.25, 0.3) is 0 Å². The van der Waals surface area contributed by atoms with Gasteiger partial charge in [-0.25, -0.2) is 4.98 Å². The quantitative estimate of drug-likeness (QED) is 0.824. The highest BCUT2D eigenvalue weighted by Gasteiger charge is 2.14. The summed E-state index contributed by atoms with van der Waals surface area (Å²) in [5, 5.41) is 7.06. The fraction of sp³-hybridized carbons (Fsp3) is 0.250. The molecule has 0 saturated heterocycles. The van der Waals surface area contributed by atoms with E-state index in [0.717, 1.165) is 21.3 Å². The highest BCUT2D eigenvalue weighted by molar-refractivity contribution is 7.11. The first-order chi connectivity index (χ1) is 6.72. The number of nitrogen functional groups attached to an aromatic ring is 1. The second kappa shape index (κ2) is 3.55. The molecule has 0 atom stereocenters. The standard InChI is InChI=1S/C8H10N4S2/c1-4-11-5(3-13-4)6-7(9)12-14-8(6)10-2/h3,10H,1-2H3,(H2,9,12). The maximum atomic E-state index is 5.78. The average Bonchev–Trinajstić information content (AvgIpc) is 2.71. The Morgan fingerprint density at radius 2 is 2.29 bits per heavy atom. The Hall–Kier alpha value is -1.14. The van der Waals surface area contributed by atoms with E-state index in [9.17, 15) is 0 Å². The van der Waals surface area contributed by atoms with Crippen molar-refractivity contribution in [3.05, 3.63) is 10.4 Å². The third-order valence-corrected chi connectivity index (χ3v) is 3.47. The lowest BCUT2D eigenvalue weighted by Gasteiger charge is -1.98. The van der Waals surface area contributed by atoms with Gasteiger partial charge in [-0.3, -0.25) is 0 Å². The van der Waals surface area contributed by atoms with Crippen molar-refractivity contribution in [2.24, 2.45) is 0 Å². The lowest BCUT2D eigenvalue weighted by molar-refractivity contribution is 1.30. The summed E-state index contributed by atoms with van der Waals surface area (Å²) in [5.74, 6) is 0.546. The van der Waals surface area contributed by atoms with Gasteiger partial charge in [-0.15, -0.1) is 11.3 Å². The van der Waals surface area contributed by atoms with Crippen LogP contribution in [0, 0.1) is 6.92 Å². The normalized spacial score (nSPS) is 10.4. The molecule has 0 aliphatic carbocycles. The van der Waals surface area contributed by atoms with Gasteiger partial charge in [-0.05, 0) is 18.5 Å². The first-order valence-corrected chi connectivity index (χ1v) is 5.73. The SMILES string of the molecule is CNc1snc(N)c1-c1csc(C)n1. The minimum atomic E-state index is 0.546. The highest BCUT2D eigenvalue weighted by Crippen LogP contribution is 2.36. The second-order valence-electron chi connectivity index (χ2n) is 2.77. The predicted octanol–water partition coefficient (Wildman–Crippen LogP) is 2.20. The van der Waals surface area contributed by atoms with E-state index in [1.54, 1.807) is 11.3 Å². The molecule has 0 radical (unpaired) electrons. The molecule has 2 aromatic rings. The third-order valence-electron chi connectivity index (χ3n) is 1.82.